The normalized spacial score (nSPS) is 14.6. The summed E-state index contributed by atoms with van der Waals surface area (Å²) in [6.07, 6.45) is 1.36. The fourth-order valence-corrected chi connectivity index (χ4v) is 3.91. The van der Waals surface area contributed by atoms with E-state index in [1.165, 1.54) is 25.3 Å². The van der Waals surface area contributed by atoms with Crippen LogP contribution < -0.4 is 19.7 Å². The number of nitrogens with one attached hydrogen (secondary N) is 1. The van der Waals surface area contributed by atoms with Crippen LogP contribution in [0.2, 0.25) is 0 Å². The number of carboxylic acid groups (broad SMARTS) is 1. The fraction of sp³-hybridized carbons (Fsp3) is 0.0769. The van der Waals surface area contributed by atoms with Gasteiger partial charge in [-0.05, 0) is 59.7 Å². The van der Waals surface area contributed by atoms with Crippen LogP contribution in [0.1, 0.15) is 21.5 Å². The van der Waals surface area contributed by atoms with E-state index in [1.54, 1.807) is 54.6 Å². The summed E-state index contributed by atoms with van der Waals surface area (Å²) in [7, 11) is 1.44. The number of hydrogen-bond acceptors (Lipinski definition) is 6. The van der Waals surface area contributed by atoms with Gasteiger partial charge in [0.1, 0.15) is 12.2 Å². The first-order valence-electron chi connectivity index (χ1n) is 10.6. The number of nitrogens with zero attached hydrogens (tertiary/aromatic N) is 1. The van der Waals surface area contributed by atoms with Crippen LogP contribution in [0.15, 0.2) is 76.8 Å². The van der Waals surface area contributed by atoms with Crippen LogP contribution in [-0.2, 0) is 16.2 Å². The summed E-state index contributed by atoms with van der Waals surface area (Å²) in [6, 6.07) is 16.9. The first-order chi connectivity index (χ1) is 17.3. The number of hydrogen-bond donors (Lipinski definition) is 2. The maximum atomic E-state index is 13.1. The first-order valence-corrected chi connectivity index (χ1v) is 11.4. The smallest absolute Gasteiger partial charge is 0.335 e. The Morgan fingerprint density at radius 3 is 2.53 bits per heavy atom. The van der Waals surface area contributed by atoms with E-state index in [2.05, 4.69) is 21.2 Å². The molecule has 4 rings (SSSR count). The zero-order valence-electron chi connectivity index (χ0n) is 18.9. The largest absolute Gasteiger partial charge is 0.493 e. The van der Waals surface area contributed by atoms with E-state index in [1.807, 2.05) is 0 Å². The lowest BCUT2D eigenvalue weighted by Gasteiger charge is -2.26. The Bertz CT molecular complexity index is 1420. The zero-order valence-corrected chi connectivity index (χ0v) is 20.4. The predicted molar refractivity (Wildman–Crippen MR) is 134 cm³/mol. The molecule has 1 fully saturated rings. The van der Waals surface area contributed by atoms with Crippen LogP contribution in [0.3, 0.4) is 0 Å². The molecule has 0 spiro atoms. The minimum absolute atomic E-state index is 0.0997. The molecule has 0 radical (unpaired) electrons. The summed E-state index contributed by atoms with van der Waals surface area (Å²) in [5.74, 6) is -1.89. The molecule has 2 N–H and O–H groups in total. The Hall–Kier alpha value is -4.44. The van der Waals surface area contributed by atoms with Gasteiger partial charge in [-0.2, -0.15) is 0 Å². The second kappa shape index (κ2) is 10.4. The highest BCUT2D eigenvalue weighted by Crippen LogP contribution is 2.31. The number of urea groups is 1. The SMILES string of the molecule is COc1cc(/C=C2\C(=O)NC(=O)N(c3cccc(Br)c3)C2=O)ccc1OCc1cccc(C(=O)O)c1. The number of aromatic carboxylic acids is 1. The topological polar surface area (TPSA) is 122 Å². The number of rotatable bonds is 7. The molecule has 0 aromatic heterocycles. The fourth-order valence-electron chi connectivity index (χ4n) is 3.52. The summed E-state index contributed by atoms with van der Waals surface area (Å²) >= 11 is 3.31. The molecule has 1 aliphatic rings. The molecule has 1 aliphatic heterocycles. The predicted octanol–water partition coefficient (Wildman–Crippen LogP) is 4.40. The summed E-state index contributed by atoms with van der Waals surface area (Å²) in [4.78, 5) is 50.0. The van der Waals surface area contributed by atoms with Gasteiger partial charge >= 0.3 is 12.0 Å². The standard InChI is InChI=1S/C26H19BrN2O7/c1-35-22-12-15(8-9-21(22)36-14-16-4-2-5-17(10-16)25(32)33)11-20-23(30)28-26(34)29(24(20)31)19-7-3-6-18(27)13-19/h2-13H,14H2,1H3,(H,32,33)(H,28,30,34)/b20-11+. The molecular weight excluding hydrogens is 532 g/mol. The zero-order chi connectivity index (χ0) is 25.8. The van der Waals surface area contributed by atoms with E-state index >= 15 is 0 Å². The van der Waals surface area contributed by atoms with Crippen LogP contribution >= 0.6 is 15.9 Å². The summed E-state index contributed by atoms with van der Waals surface area (Å²) < 4.78 is 11.9. The van der Waals surface area contributed by atoms with Gasteiger partial charge in [0, 0.05) is 4.47 Å². The lowest BCUT2D eigenvalue weighted by molar-refractivity contribution is -0.122. The van der Waals surface area contributed by atoms with Gasteiger partial charge in [0.25, 0.3) is 11.8 Å². The van der Waals surface area contributed by atoms with Crippen molar-refractivity contribution in [3.63, 3.8) is 0 Å². The molecule has 1 saturated heterocycles. The number of carboxylic acids is 1. The third kappa shape index (κ3) is 5.28. The van der Waals surface area contributed by atoms with E-state index in [-0.39, 0.29) is 17.7 Å². The lowest BCUT2D eigenvalue weighted by Crippen LogP contribution is -2.54. The van der Waals surface area contributed by atoms with Gasteiger partial charge < -0.3 is 14.6 Å². The summed E-state index contributed by atoms with van der Waals surface area (Å²) in [5, 5.41) is 11.3. The highest BCUT2D eigenvalue weighted by atomic mass is 79.9. The van der Waals surface area contributed by atoms with Crippen molar-refractivity contribution in [1.82, 2.24) is 5.32 Å². The minimum atomic E-state index is -1.03. The van der Waals surface area contributed by atoms with Crippen molar-refractivity contribution in [2.45, 2.75) is 6.61 Å². The van der Waals surface area contributed by atoms with Gasteiger partial charge in [0.05, 0.1) is 18.4 Å². The van der Waals surface area contributed by atoms with Crippen LogP contribution in [0.25, 0.3) is 6.08 Å². The van der Waals surface area contributed by atoms with E-state index in [9.17, 15) is 19.2 Å². The number of imide groups is 2. The van der Waals surface area contributed by atoms with Crippen molar-refractivity contribution in [2.24, 2.45) is 0 Å². The van der Waals surface area contributed by atoms with E-state index in [4.69, 9.17) is 14.6 Å². The Kier molecular flexibility index (Phi) is 7.16. The highest BCUT2D eigenvalue weighted by molar-refractivity contribution is 9.10. The highest BCUT2D eigenvalue weighted by Gasteiger charge is 2.36. The van der Waals surface area contributed by atoms with Crippen molar-refractivity contribution in [3.05, 3.63) is 93.5 Å². The summed E-state index contributed by atoms with van der Waals surface area (Å²) in [5.41, 5.74) is 1.35. The van der Waals surface area contributed by atoms with Gasteiger partial charge in [-0.1, -0.05) is 40.2 Å². The number of carbonyl (C=O) groups excluding carboxylic acids is 3. The molecule has 0 bridgehead atoms. The Morgan fingerprint density at radius 1 is 1.03 bits per heavy atom. The molecular formula is C26H19BrN2O7. The van der Waals surface area contributed by atoms with Crippen molar-refractivity contribution in [2.75, 3.05) is 12.0 Å². The molecule has 36 heavy (non-hydrogen) atoms. The van der Waals surface area contributed by atoms with Gasteiger partial charge in [-0.3, -0.25) is 14.9 Å². The second-order valence-electron chi connectivity index (χ2n) is 7.64. The van der Waals surface area contributed by atoms with Crippen molar-refractivity contribution in [1.29, 1.82) is 0 Å². The molecule has 9 nitrogen and oxygen atoms in total. The Balaban J connectivity index is 1.58. The van der Waals surface area contributed by atoms with Crippen molar-refractivity contribution < 1.29 is 33.8 Å². The van der Waals surface area contributed by atoms with Crippen molar-refractivity contribution in [3.8, 4) is 11.5 Å². The Morgan fingerprint density at radius 2 is 1.81 bits per heavy atom. The van der Waals surface area contributed by atoms with Gasteiger partial charge in [-0.15, -0.1) is 0 Å². The van der Waals surface area contributed by atoms with Crippen LogP contribution in [-0.4, -0.2) is 36.0 Å². The number of halogens is 1. The van der Waals surface area contributed by atoms with E-state index in [0.29, 0.717) is 32.8 Å². The first kappa shape index (κ1) is 24.7. The number of barbiturate groups is 1. The molecule has 0 atom stereocenters. The lowest BCUT2D eigenvalue weighted by atomic mass is 10.1. The molecule has 10 heteroatoms. The maximum absolute atomic E-state index is 13.1. The number of amides is 4. The molecule has 0 unspecified atom stereocenters. The Labute approximate surface area is 214 Å². The number of ether oxygens (including phenoxy) is 2. The van der Waals surface area contributed by atoms with Crippen LogP contribution in [0, 0.1) is 0 Å². The van der Waals surface area contributed by atoms with E-state index in [0.717, 1.165) is 4.90 Å². The van der Waals surface area contributed by atoms with E-state index < -0.39 is 23.8 Å². The molecule has 4 amide bonds. The number of anilines is 1. The number of carbonyl (C=O) groups is 4. The minimum Gasteiger partial charge on any atom is -0.493 e. The number of benzene rings is 3. The molecule has 1 heterocycles. The summed E-state index contributed by atoms with van der Waals surface area (Å²) in [6.45, 7) is 0.0997. The average molecular weight is 551 g/mol. The molecule has 0 saturated carbocycles. The van der Waals surface area contributed by atoms with Crippen LogP contribution in [0.5, 0.6) is 11.5 Å². The molecule has 0 aliphatic carbocycles. The quantitative estimate of drug-likeness (QED) is 0.330. The van der Waals surface area contributed by atoms with Gasteiger partial charge in [0.15, 0.2) is 11.5 Å². The average Bonchev–Trinajstić information content (AvgIpc) is 2.85. The molecule has 182 valence electrons. The van der Waals surface area contributed by atoms with Crippen molar-refractivity contribution >= 4 is 51.5 Å². The van der Waals surface area contributed by atoms with Gasteiger partial charge in [0.2, 0.25) is 0 Å². The maximum Gasteiger partial charge on any atom is 0.335 e. The molecule has 3 aromatic carbocycles. The second-order valence-corrected chi connectivity index (χ2v) is 8.56. The van der Waals surface area contributed by atoms with Gasteiger partial charge in [-0.25, -0.2) is 14.5 Å². The number of methoxy groups -OCH3 is 1. The third-order valence-corrected chi connectivity index (χ3v) is 5.73. The monoisotopic (exact) mass is 550 g/mol. The third-order valence-electron chi connectivity index (χ3n) is 5.24. The van der Waals surface area contributed by atoms with Crippen LogP contribution in [0.4, 0.5) is 10.5 Å². The molecule has 3 aromatic rings.